The summed E-state index contributed by atoms with van der Waals surface area (Å²) in [7, 11) is 0. The molecule has 5 nitrogen and oxygen atoms in total. The highest BCUT2D eigenvalue weighted by atomic mass is 32.1. The van der Waals surface area contributed by atoms with E-state index in [1.165, 1.54) is 24.2 Å². The lowest BCUT2D eigenvalue weighted by Crippen LogP contribution is -2.43. The molecule has 1 aromatic heterocycles. The molecule has 0 saturated carbocycles. The minimum Gasteiger partial charge on any atom is -0.329 e. The van der Waals surface area contributed by atoms with Gasteiger partial charge in [-0.2, -0.15) is 0 Å². The lowest BCUT2D eigenvalue weighted by molar-refractivity contribution is -0.380. The van der Waals surface area contributed by atoms with Gasteiger partial charge in [-0.1, -0.05) is 17.8 Å². The van der Waals surface area contributed by atoms with Crippen molar-refractivity contribution >= 4 is 16.3 Å². The molecule has 1 atom stereocenters. The maximum absolute atomic E-state index is 10.6. The van der Waals surface area contributed by atoms with Crippen LogP contribution in [0.25, 0.3) is 0 Å². The van der Waals surface area contributed by atoms with E-state index >= 15 is 0 Å². The Morgan fingerprint density at radius 1 is 1.53 bits per heavy atom. The Bertz CT molecular complexity index is 394. The Labute approximate surface area is 104 Å². The highest BCUT2D eigenvalue weighted by Crippen LogP contribution is 2.27. The number of hydrogen-bond acceptors (Lipinski definition) is 5. The van der Waals surface area contributed by atoms with E-state index in [9.17, 15) is 10.1 Å². The minimum absolute atomic E-state index is 0.223. The molecule has 2 heterocycles. The van der Waals surface area contributed by atoms with Crippen LogP contribution in [0.15, 0.2) is 12.1 Å². The average molecular weight is 255 g/mol. The Morgan fingerprint density at radius 2 is 2.35 bits per heavy atom. The number of piperidine rings is 1. The van der Waals surface area contributed by atoms with E-state index < -0.39 is 0 Å². The molecule has 2 N–H and O–H groups in total. The van der Waals surface area contributed by atoms with Crippen molar-refractivity contribution in [3.05, 3.63) is 27.1 Å². The molecule has 17 heavy (non-hydrogen) atoms. The zero-order chi connectivity index (χ0) is 12.3. The second kappa shape index (κ2) is 5.57. The fourth-order valence-electron chi connectivity index (χ4n) is 2.28. The number of thiophene rings is 1. The maximum atomic E-state index is 10.6. The van der Waals surface area contributed by atoms with Crippen LogP contribution in [0.1, 0.15) is 24.1 Å². The summed E-state index contributed by atoms with van der Waals surface area (Å²) in [5.41, 5.74) is 5.75. The Kier molecular flexibility index (Phi) is 4.09. The minimum atomic E-state index is -0.329. The largest absolute Gasteiger partial charge is 0.329 e. The summed E-state index contributed by atoms with van der Waals surface area (Å²) in [6.45, 7) is 2.52. The van der Waals surface area contributed by atoms with Crippen LogP contribution in [0.2, 0.25) is 0 Å². The first-order valence-electron chi connectivity index (χ1n) is 5.88. The van der Waals surface area contributed by atoms with Gasteiger partial charge in [0.2, 0.25) is 0 Å². The Balaban J connectivity index is 2.00. The summed E-state index contributed by atoms with van der Waals surface area (Å²) in [6, 6.07) is 3.87. The Hall–Kier alpha value is -0.980. The van der Waals surface area contributed by atoms with Crippen LogP contribution in [0.5, 0.6) is 0 Å². The van der Waals surface area contributed by atoms with Gasteiger partial charge in [0.15, 0.2) is 0 Å². The molecular formula is C11H17N3O2S. The molecule has 1 aliphatic rings. The molecule has 2 rings (SSSR count). The van der Waals surface area contributed by atoms with Crippen LogP contribution in [-0.2, 0) is 6.54 Å². The zero-order valence-electron chi connectivity index (χ0n) is 9.67. The van der Waals surface area contributed by atoms with E-state index in [2.05, 4.69) is 4.90 Å². The van der Waals surface area contributed by atoms with Gasteiger partial charge in [-0.25, -0.2) is 0 Å². The van der Waals surface area contributed by atoms with E-state index in [-0.39, 0.29) is 9.92 Å². The molecule has 0 amide bonds. The lowest BCUT2D eigenvalue weighted by atomic mass is 10.0. The van der Waals surface area contributed by atoms with E-state index in [0.29, 0.717) is 12.6 Å². The standard InChI is InChI=1S/C11H17N3O2S/c12-7-9-3-1-2-6-13(9)8-10-4-5-11(17-10)14(15)16/h4-5,9H,1-3,6-8,12H2. The molecule has 1 fully saturated rings. The number of nitro groups is 1. The predicted molar refractivity (Wildman–Crippen MR) is 68.1 cm³/mol. The number of likely N-dealkylation sites (tertiary alicyclic amines) is 1. The van der Waals surface area contributed by atoms with Crippen LogP contribution >= 0.6 is 11.3 Å². The molecule has 1 aliphatic heterocycles. The smallest absolute Gasteiger partial charge is 0.324 e. The normalized spacial score (nSPS) is 21.6. The third-order valence-electron chi connectivity index (χ3n) is 3.21. The van der Waals surface area contributed by atoms with Crippen LogP contribution in [0, 0.1) is 10.1 Å². The number of nitrogens with two attached hydrogens (primary N) is 1. The Morgan fingerprint density at radius 3 is 3.00 bits per heavy atom. The third kappa shape index (κ3) is 3.02. The van der Waals surface area contributed by atoms with Gasteiger partial charge < -0.3 is 5.73 Å². The van der Waals surface area contributed by atoms with Crippen molar-refractivity contribution in [2.75, 3.05) is 13.1 Å². The van der Waals surface area contributed by atoms with E-state index in [0.717, 1.165) is 24.4 Å². The SMILES string of the molecule is NCC1CCCCN1Cc1ccc([N+](=O)[O-])s1. The second-order valence-corrected chi connectivity index (χ2v) is 5.50. The van der Waals surface area contributed by atoms with Crippen molar-refractivity contribution in [3.8, 4) is 0 Å². The van der Waals surface area contributed by atoms with E-state index in [1.54, 1.807) is 6.07 Å². The summed E-state index contributed by atoms with van der Waals surface area (Å²) in [6.07, 6.45) is 3.58. The molecule has 0 spiro atoms. The molecule has 0 radical (unpaired) electrons. The van der Waals surface area contributed by atoms with E-state index in [4.69, 9.17) is 5.73 Å². The first-order chi connectivity index (χ1) is 8.20. The predicted octanol–water partition coefficient (Wildman–Crippen LogP) is 1.97. The van der Waals surface area contributed by atoms with Crippen LogP contribution in [0.3, 0.4) is 0 Å². The molecule has 0 aliphatic carbocycles. The maximum Gasteiger partial charge on any atom is 0.324 e. The molecule has 0 bridgehead atoms. The van der Waals surface area contributed by atoms with Gasteiger partial charge in [0.25, 0.3) is 0 Å². The summed E-state index contributed by atoms with van der Waals surface area (Å²) in [4.78, 5) is 13.7. The van der Waals surface area contributed by atoms with Crippen LogP contribution < -0.4 is 5.73 Å². The summed E-state index contributed by atoms with van der Waals surface area (Å²) >= 11 is 1.27. The first-order valence-corrected chi connectivity index (χ1v) is 6.69. The molecule has 94 valence electrons. The quantitative estimate of drug-likeness (QED) is 0.659. The second-order valence-electron chi connectivity index (χ2n) is 4.35. The van der Waals surface area contributed by atoms with Crippen LogP contribution in [0.4, 0.5) is 5.00 Å². The molecule has 1 aromatic rings. The summed E-state index contributed by atoms with van der Waals surface area (Å²) < 4.78 is 0. The topological polar surface area (TPSA) is 72.4 Å². The van der Waals surface area contributed by atoms with Gasteiger partial charge in [-0.05, 0) is 25.5 Å². The van der Waals surface area contributed by atoms with Gasteiger partial charge in [0.1, 0.15) is 0 Å². The number of nitrogens with zero attached hydrogens (tertiary/aromatic N) is 2. The van der Waals surface area contributed by atoms with Crippen LogP contribution in [-0.4, -0.2) is 29.0 Å². The van der Waals surface area contributed by atoms with Crippen molar-refractivity contribution < 1.29 is 4.92 Å². The van der Waals surface area contributed by atoms with Gasteiger partial charge in [-0.15, -0.1) is 0 Å². The van der Waals surface area contributed by atoms with Gasteiger partial charge >= 0.3 is 5.00 Å². The van der Waals surface area contributed by atoms with Gasteiger partial charge in [-0.3, -0.25) is 15.0 Å². The first kappa shape index (κ1) is 12.5. The number of hydrogen-bond donors (Lipinski definition) is 1. The van der Waals surface area contributed by atoms with Crippen molar-refractivity contribution in [3.63, 3.8) is 0 Å². The van der Waals surface area contributed by atoms with Crippen molar-refractivity contribution in [1.29, 1.82) is 0 Å². The highest BCUT2D eigenvalue weighted by Gasteiger charge is 2.22. The molecule has 0 aromatic carbocycles. The molecule has 1 unspecified atom stereocenters. The van der Waals surface area contributed by atoms with Gasteiger partial charge in [0, 0.05) is 30.1 Å². The summed E-state index contributed by atoms with van der Waals surface area (Å²) in [5, 5.41) is 10.8. The zero-order valence-corrected chi connectivity index (χ0v) is 10.5. The van der Waals surface area contributed by atoms with E-state index in [1.807, 2.05) is 6.07 Å². The van der Waals surface area contributed by atoms with Crippen molar-refractivity contribution in [1.82, 2.24) is 4.90 Å². The average Bonchev–Trinajstić information content (AvgIpc) is 2.78. The fraction of sp³-hybridized carbons (Fsp3) is 0.636. The molecular weight excluding hydrogens is 238 g/mol. The highest BCUT2D eigenvalue weighted by molar-refractivity contribution is 7.15. The molecule has 6 heteroatoms. The van der Waals surface area contributed by atoms with Crippen molar-refractivity contribution in [2.24, 2.45) is 5.73 Å². The lowest BCUT2D eigenvalue weighted by Gasteiger charge is -2.34. The third-order valence-corrected chi connectivity index (χ3v) is 4.23. The summed E-state index contributed by atoms with van der Waals surface area (Å²) in [5.74, 6) is 0. The van der Waals surface area contributed by atoms with Crippen molar-refractivity contribution in [2.45, 2.75) is 31.8 Å². The van der Waals surface area contributed by atoms with Gasteiger partial charge in [0.05, 0.1) is 4.92 Å². The monoisotopic (exact) mass is 255 g/mol. The number of rotatable bonds is 4. The molecule has 1 saturated heterocycles. The fourth-order valence-corrected chi connectivity index (χ4v) is 3.13.